The quantitative estimate of drug-likeness (QED) is 0.131. The molecule has 3 rings (SSSR count). The average molecular weight is 496 g/mol. The summed E-state index contributed by atoms with van der Waals surface area (Å²) in [5.41, 5.74) is 0.621. The van der Waals surface area contributed by atoms with E-state index >= 15 is 0 Å². The molecule has 3 amide bonds. The van der Waals surface area contributed by atoms with Crippen LogP contribution in [0.25, 0.3) is 0 Å². The number of nitrogens with zero attached hydrogens (tertiary/aromatic N) is 3. The van der Waals surface area contributed by atoms with Gasteiger partial charge in [0.1, 0.15) is 29.4 Å². The van der Waals surface area contributed by atoms with Crippen molar-refractivity contribution in [1.82, 2.24) is 15.2 Å². The van der Waals surface area contributed by atoms with Gasteiger partial charge < -0.3 is 20.6 Å². The largest absolute Gasteiger partial charge is 0.477 e. The third kappa shape index (κ3) is 5.53. The number of β-lactam (4-membered cyclic amide) rings is 1. The molecule has 0 aliphatic carbocycles. The van der Waals surface area contributed by atoms with Crippen LogP contribution < -0.4 is 10.6 Å². The first kappa shape index (κ1) is 24.7. The lowest BCUT2D eigenvalue weighted by Crippen LogP contribution is -2.71. The van der Waals surface area contributed by atoms with Crippen molar-refractivity contribution in [3.8, 4) is 0 Å². The van der Waals surface area contributed by atoms with Gasteiger partial charge in [0.05, 0.1) is 0 Å². The molecule has 0 aromatic carbocycles. The molecule has 1 aromatic heterocycles. The maximum absolute atomic E-state index is 13.0. The number of nitrogens with one attached hydrogen (secondary N) is 2. The number of carbonyl (C=O) groups is 4. The van der Waals surface area contributed by atoms with Gasteiger partial charge in [0.15, 0.2) is 10.8 Å². The van der Waals surface area contributed by atoms with E-state index in [1.54, 1.807) is 12.3 Å². The molecule has 0 bridgehead atoms. The van der Waals surface area contributed by atoms with E-state index in [-0.39, 0.29) is 22.2 Å². The maximum atomic E-state index is 13.0. The number of fused-ring (bicyclic) bond motifs is 1. The molecule has 11 nitrogen and oxygen atoms in total. The van der Waals surface area contributed by atoms with Crippen molar-refractivity contribution in [2.75, 3.05) is 17.7 Å². The zero-order valence-corrected chi connectivity index (χ0v) is 19.8. The van der Waals surface area contributed by atoms with E-state index in [1.807, 2.05) is 0 Å². The van der Waals surface area contributed by atoms with Gasteiger partial charge in [0.25, 0.3) is 11.8 Å². The minimum atomic E-state index is -1.17. The fourth-order valence-electron chi connectivity index (χ4n) is 3.39. The van der Waals surface area contributed by atoms with Gasteiger partial charge in [-0.1, -0.05) is 24.9 Å². The van der Waals surface area contributed by atoms with Crippen molar-refractivity contribution in [3.05, 3.63) is 22.3 Å². The molecular formula is C20H25N5O6S2. The van der Waals surface area contributed by atoms with Crippen molar-refractivity contribution in [3.63, 3.8) is 0 Å². The van der Waals surface area contributed by atoms with Crippen LogP contribution >= 0.6 is 23.1 Å². The summed E-state index contributed by atoms with van der Waals surface area (Å²) in [6.07, 6.45) is 4.37. The van der Waals surface area contributed by atoms with Gasteiger partial charge in [-0.3, -0.25) is 19.3 Å². The summed E-state index contributed by atoms with van der Waals surface area (Å²) >= 11 is 2.49. The van der Waals surface area contributed by atoms with Crippen molar-refractivity contribution in [2.45, 2.75) is 50.9 Å². The Morgan fingerprint density at radius 2 is 2.18 bits per heavy atom. The lowest BCUT2D eigenvalue weighted by molar-refractivity contribution is -0.150. The fraction of sp³-hybridized carbons (Fsp3) is 0.500. The number of rotatable bonds is 12. The number of hydrogen-bond acceptors (Lipinski definition) is 9. The minimum absolute atomic E-state index is 0.0392. The van der Waals surface area contributed by atoms with Crippen molar-refractivity contribution in [1.29, 1.82) is 0 Å². The molecule has 0 radical (unpaired) electrons. The van der Waals surface area contributed by atoms with Crippen molar-refractivity contribution < 1.29 is 29.1 Å². The number of aromatic nitrogens is 1. The molecule has 33 heavy (non-hydrogen) atoms. The van der Waals surface area contributed by atoms with Crippen LogP contribution in [0.15, 0.2) is 21.8 Å². The highest BCUT2D eigenvalue weighted by Gasteiger charge is 2.54. The highest BCUT2D eigenvalue weighted by molar-refractivity contribution is 8.00. The first-order valence-corrected chi connectivity index (χ1v) is 12.4. The third-order valence-electron chi connectivity index (χ3n) is 5.04. The third-order valence-corrected chi connectivity index (χ3v) is 7.24. The molecule has 0 saturated carbocycles. The molecule has 13 heteroatoms. The van der Waals surface area contributed by atoms with Crippen LogP contribution in [0.2, 0.25) is 0 Å². The number of thioether (sulfide) groups is 1. The second-order valence-electron chi connectivity index (χ2n) is 7.43. The van der Waals surface area contributed by atoms with Crippen molar-refractivity contribution in [2.24, 2.45) is 5.16 Å². The van der Waals surface area contributed by atoms with Crippen LogP contribution in [0.4, 0.5) is 5.13 Å². The summed E-state index contributed by atoms with van der Waals surface area (Å²) in [7, 11) is 0. The second-order valence-corrected chi connectivity index (χ2v) is 9.39. The lowest BCUT2D eigenvalue weighted by atomic mass is 10.0. The van der Waals surface area contributed by atoms with Gasteiger partial charge in [0, 0.05) is 11.1 Å². The predicted octanol–water partition coefficient (Wildman–Crippen LogP) is 1.77. The minimum Gasteiger partial charge on any atom is -0.477 e. The van der Waals surface area contributed by atoms with Gasteiger partial charge >= 0.3 is 5.97 Å². The molecule has 0 spiro atoms. The van der Waals surface area contributed by atoms with Gasteiger partial charge in [-0.15, -0.1) is 23.1 Å². The number of carboxylic acids is 1. The maximum Gasteiger partial charge on any atom is 0.352 e. The summed E-state index contributed by atoms with van der Waals surface area (Å²) in [6.45, 7) is 4.08. The number of hydrogen-bond donors (Lipinski definition) is 3. The first-order valence-electron chi connectivity index (χ1n) is 10.4. The Balaban J connectivity index is 1.73. The van der Waals surface area contributed by atoms with Gasteiger partial charge in [-0.25, -0.2) is 9.78 Å². The molecular weight excluding hydrogens is 470 g/mol. The Morgan fingerprint density at radius 3 is 2.88 bits per heavy atom. The summed E-state index contributed by atoms with van der Waals surface area (Å²) in [4.78, 5) is 58.6. The topological polar surface area (TPSA) is 150 Å². The Bertz CT molecular complexity index is 991. The first-order chi connectivity index (χ1) is 15.9. The number of amides is 3. The van der Waals surface area contributed by atoms with E-state index in [1.165, 1.54) is 16.7 Å². The number of carboxylic acid groups (broad SMARTS) is 1. The van der Waals surface area contributed by atoms with E-state index in [4.69, 9.17) is 4.84 Å². The number of aliphatic carboxylic acids is 1. The molecule has 1 unspecified atom stereocenters. The van der Waals surface area contributed by atoms with E-state index < -0.39 is 29.2 Å². The normalized spacial score (nSPS) is 20.1. The van der Waals surface area contributed by atoms with Crippen LogP contribution in [-0.4, -0.2) is 68.7 Å². The molecule has 2 aliphatic heterocycles. The zero-order valence-electron chi connectivity index (χ0n) is 18.2. The molecule has 3 heterocycles. The lowest BCUT2D eigenvalue weighted by Gasteiger charge is -2.49. The molecule has 1 fully saturated rings. The van der Waals surface area contributed by atoms with E-state index in [2.05, 4.69) is 27.7 Å². The van der Waals surface area contributed by atoms with Crippen LogP contribution in [0, 0.1) is 0 Å². The highest BCUT2D eigenvalue weighted by Crippen LogP contribution is 2.40. The zero-order chi connectivity index (χ0) is 24.0. The van der Waals surface area contributed by atoms with E-state index in [0.29, 0.717) is 24.3 Å². The number of thiazole rings is 1. The van der Waals surface area contributed by atoms with Gasteiger partial charge in [-0.05, 0) is 25.3 Å². The molecule has 3 N–H and O–H groups in total. The predicted molar refractivity (Wildman–Crippen MR) is 124 cm³/mol. The Kier molecular flexibility index (Phi) is 8.44. The molecule has 1 saturated heterocycles. The molecule has 178 valence electrons. The summed E-state index contributed by atoms with van der Waals surface area (Å²) in [5, 5.41) is 19.8. The number of carbonyl (C=O) groups excluding carboxylic acids is 3. The van der Waals surface area contributed by atoms with Crippen LogP contribution in [0.1, 0.15) is 45.2 Å². The Labute approximate surface area is 198 Å². The van der Waals surface area contributed by atoms with Crippen LogP contribution in [-0.2, 0) is 24.0 Å². The van der Waals surface area contributed by atoms with Crippen LogP contribution in [0.3, 0.4) is 0 Å². The fourth-order valence-corrected chi connectivity index (χ4v) is 5.34. The number of anilines is 1. The summed E-state index contributed by atoms with van der Waals surface area (Å²) in [5.74, 6) is -1.91. The van der Waals surface area contributed by atoms with Gasteiger partial charge in [0.2, 0.25) is 6.41 Å². The van der Waals surface area contributed by atoms with Gasteiger partial charge in [-0.2, -0.15) is 0 Å². The summed E-state index contributed by atoms with van der Waals surface area (Å²) in [6, 6.07) is -0.897. The number of unbranched alkanes of at least 4 members (excludes halogenated alkanes) is 3. The Morgan fingerprint density at radius 1 is 1.39 bits per heavy atom. The Hall–Kier alpha value is -2.93. The van der Waals surface area contributed by atoms with Crippen molar-refractivity contribution >= 4 is 58.1 Å². The molecule has 1 aromatic rings. The highest BCUT2D eigenvalue weighted by atomic mass is 32.2. The van der Waals surface area contributed by atoms with Crippen LogP contribution in [0.5, 0.6) is 0 Å². The number of oxime groups is 1. The average Bonchev–Trinajstić information content (AvgIpc) is 3.24. The monoisotopic (exact) mass is 495 g/mol. The second kappa shape index (κ2) is 11.3. The molecule has 2 atom stereocenters. The summed E-state index contributed by atoms with van der Waals surface area (Å²) < 4.78 is 0. The van der Waals surface area contributed by atoms with E-state index in [0.717, 1.165) is 37.0 Å². The smallest absolute Gasteiger partial charge is 0.352 e. The SMILES string of the molecule is CCCCCCO/N=C(\C(=O)NC1C(=O)N2C(C(=O)O)=C(C)CS[C@H]12)c1csc(NC=O)n1. The van der Waals surface area contributed by atoms with E-state index in [9.17, 15) is 24.3 Å². The standard InChI is InChI=1S/C20H25N5O6S2/c1-3-4-5-6-7-31-24-13(12-9-33-20(22-12)21-10-26)16(27)23-14-17(28)25-15(19(29)30)11(2)8-32-18(14)25/h9-10,14,18H,3-8H2,1-2H3,(H,23,27)(H,29,30)(H,21,22,26)/b24-13-/t14?,18-/m1/s1. The molecule has 2 aliphatic rings.